The second-order valence-electron chi connectivity index (χ2n) is 5.21. The first-order chi connectivity index (χ1) is 7.61. The second kappa shape index (κ2) is 6.59. The van der Waals surface area contributed by atoms with E-state index in [9.17, 15) is 13.2 Å². The van der Waals surface area contributed by atoms with Crippen LogP contribution >= 0.6 is 0 Å². The number of nitrogens with one attached hydrogen (secondary N) is 1. The van der Waals surface area contributed by atoms with E-state index < -0.39 is 12.6 Å². The topological polar surface area (TPSA) is 15.3 Å². The lowest BCUT2D eigenvalue weighted by atomic mass is 9.89. The molecule has 1 atom stereocenters. The molecule has 5 heteroatoms. The Kier molecular flexibility index (Phi) is 6.48. The highest BCUT2D eigenvalue weighted by Gasteiger charge is 2.35. The van der Waals surface area contributed by atoms with E-state index in [0.717, 1.165) is 13.0 Å². The number of hydrogen-bond acceptors (Lipinski definition) is 2. The summed E-state index contributed by atoms with van der Waals surface area (Å²) < 4.78 is 36.9. The SMILES string of the molecule is CCCNC(CCC(F)(F)F)C(C)(C)N(C)C. The summed E-state index contributed by atoms with van der Waals surface area (Å²) in [5.74, 6) is 0. The van der Waals surface area contributed by atoms with Gasteiger partial charge >= 0.3 is 6.18 Å². The van der Waals surface area contributed by atoms with E-state index in [1.165, 1.54) is 0 Å². The highest BCUT2D eigenvalue weighted by Crippen LogP contribution is 2.27. The molecule has 1 unspecified atom stereocenters. The minimum absolute atomic E-state index is 0.120. The molecule has 0 aromatic carbocycles. The van der Waals surface area contributed by atoms with Crippen LogP contribution in [0.3, 0.4) is 0 Å². The molecular formula is C12H25F3N2. The molecule has 2 nitrogen and oxygen atoms in total. The lowest BCUT2D eigenvalue weighted by Gasteiger charge is -2.41. The van der Waals surface area contributed by atoms with Crippen molar-refractivity contribution in [3.05, 3.63) is 0 Å². The van der Waals surface area contributed by atoms with Gasteiger partial charge in [0.05, 0.1) is 0 Å². The van der Waals surface area contributed by atoms with E-state index >= 15 is 0 Å². The van der Waals surface area contributed by atoms with Gasteiger partial charge < -0.3 is 10.2 Å². The van der Waals surface area contributed by atoms with Crippen LogP contribution < -0.4 is 5.32 Å². The number of likely N-dealkylation sites (N-methyl/N-ethyl adjacent to an activating group) is 1. The highest BCUT2D eigenvalue weighted by atomic mass is 19.4. The molecule has 0 heterocycles. The van der Waals surface area contributed by atoms with Gasteiger partial charge in [-0.2, -0.15) is 13.2 Å². The summed E-state index contributed by atoms with van der Waals surface area (Å²) in [5, 5.41) is 3.22. The Morgan fingerprint density at radius 1 is 1.18 bits per heavy atom. The standard InChI is InChI=1S/C12H25F3N2/c1-6-9-16-10(7-8-12(13,14)15)11(2,3)17(4)5/h10,16H,6-9H2,1-5H3. The van der Waals surface area contributed by atoms with Gasteiger partial charge in [-0.1, -0.05) is 6.92 Å². The van der Waals surface area contributed by atoms with Gasteiger partial charge in [0.2, 0.25) is 0 Å². The van der Waals surface area contributed by atoms with Crippen molar-refractivity contribution in [1.82, 2.24) is 10.2 Å². The molecule has 0 radical (unpaired) electrons. The third-order valence-electron chi connectivity index (χ3n) is 3.36. The van der Waals surface area contributed by atoms with E-state index in [0.29, 0.717) is 0 Å². The second-order valence-corrected chi connectivity index (χ2v) is 5.21. The molecule has 1 N–H and O–H groups in total. The summed E-state index contributed by atoms with van der Waals surface area (Å²) in [6.07, 6.45) is -3.76. The number of rotatable bonds is 7. The highest BCUT2D eigenvalue weighted by molar-refractivity contribution is 4.91. The first kappa shape index (κ1) is 16.7. The van der Waals surface area contributed by atoms with E-state index in [1.54, 1.807) is 0 Å². The largest absolute Gasteiger partial charge is 0.389 e. The van der Waals surface area contributed by atoms with Gasteiger partial charge in [0.15, 0.2) is 0 Å². The number of hydrogen-bond donors (Lipinski definition) is 1. The number of halogens is 3. The van der Waals surface area contributed by atoms with Crippen LogP contribution in [-0.2, 0) is 0 Å². The Hall–Kier alpha value is -0.290. The molecule has 0 aliphatic rings. The molecule has 0 aliphatic heterocycles. The van der Waals surface area contributed by atoms with Gasteiger partial charge in [-0.3, -0.25) is 0 Å². The molecule has 0 aromatic heterocycles. The summed E-state index contributed by atoms with van der Waals surface area (Å²) >= 11 is 0. The molecule has 0 spiro atoms. The van der Waals surface area contributed by atoms with Gasteiger partial charge in [-0.05, 0) is 47.3 Å². The molecule has 0 bridgehead atoms. The first-order valence-electron chi connectivity index (χ1n) is 6.08. The summed E-state index contributed by atoms with van der Waals surface area (Å²) in [5.41, 5.74) is -0.291. The first-order valence-corrected chi connectivity index (χ1v) is 6.08. The maximum Gasteiger partial charge on any atom is 0.389 e. The van der Waals surface area contributed by atoms with Crippen LogP contribution in [0.4, 0.5) is 13.2 Å². The summed E-state index contributed by atoms with van der Waals surface area (Å²) in [6.45, 7) is 6.70. The van der Waals surface area contributed by atoms with Crippen LogP contribution in [-0.4, -0.2) is 43.3 Å². The zero-order valence-electron chi connectivity index (χ0n) is 11.5. The molecule has 17 heavy (non-hydrogen) atoms. The molecule has 0 aliphatic carbocycles. The maximum absolute atomic E-state index is 12.3. The Labute approximate surface area is 103 Å². The Morgan fingerprint density at radius 2 is 1.71 bits per heavy atom. The number of alkyl halides is 3. The number of nitrogens with zero attached hydrogens (tertiary/aromatic N) is 1. The molecule has 0 aromatic rings. The van der Waals surface area contributed by atoms with Crippen molar-refractivity contribution >= 4 is 0 Å². The fraction of sp³-hybridized carbons (Fsp3) is 1.00. The molecule has 104 valence electrons. The van der Waals surface area contributed by atoms with E-state index in [2.05, 4.69) is 5.32 Å². The molecular weight excluding hydrogens is 229 g/mol. The maximum atomic E-state index is 12.3. The van der Waals surface area contributed by atoms with E-state index in [4.69, 9.17) is 0 Å². The Morgan fingerprint density at radius 3 is 2.06 bits per heavy atom. The Balaban J connectivity index is 4.53. The predicted molar refractivity (Wildman–Crippen MR) is 65.1 cm³/mol. The smallest absolute Gasteiger partial charge is 0.312 e. The van der Waals surface area contributed by atoms with Crippen molar-refractivity contribution in [1.29, 1.82) is 0 Å². The van der Waals surface area contributed by atoms with Gasteiger partial charge in [0.25, 0.3) is 0 Å². The van der Waals surface area contributed by atoms with Gasteiger partial charge in [0.1, 0.15) is 0 Å². The van der Waals surface area contributed by atoms with Crippen molar-refractivity contribution in [3.8, 4) is 0 Å². The van der Waals surface area contributed by atoms with Gasteiger partial charge in [-0.15, -0.1) is 0 Å². The fourth-order valence-corrected chi connectivity index (χ4v) is 1.64. The third-order valence-corrected chi connectivity index (χ3v) is 3.36. The van der Waals surface area contributed by atoms with Crippen LogP contribution in [0.2, 0.25) is 0 Å². The van der Waals surface area contributed by atoms with E-state index in [-0.39, 0.29) is 18.0 Å². The average Bonchev–Trinajstić information content (AvgIpc) is 2.15. The monoisotopic (exact) mass is 254 g/mol. The molecule has 0 saturated heterocycles. The van der Waals surface area contributed by atoms with Crippen LogP contribution in [0.5, 0.6) is 0 Å². The summed E-state index contributed by atoms with van der Waals surface area (Å²) in [7, 11) is 3.79. The molecule has 0 fully saturated rings. The molecule has 0 amide bonds. The van der Waals surface area contributed by atoms with Crippen LogP contribution in [0.25, 0.3) is 0 Å². The summed E-state index contributed by atoms with van der Waals surface area (Å²) in [6, 6.07) is -0.154. The van der Waals surface area contributed by atoms with Crippen molar-refractivity contribution in [2.24, 2.45) is 0 Å². The fourth-order valence-electron chi connectivity index (χ4n) is 1.64. The van der Waals surface area contributed by atoms with Crippen LogP contribution in [0.15, 0.2) is 0 Å². The zero-order valence-corrected chi connectivity index (χ0v) is 11.5. The van der Waals surface area contributed by atoms with Crippen molar-refractivity contribution in [3.63, 3.8) is 0 Å². The van der Waals surface area contributed by atoms with E-state index in [1.807, 2.05) is 39.8 Å². The quantitative estimate of drug-likeness (QED) is 0.751. The Bertz CT molecular complexity index is 212. The minimum atomic E-state index is -4.07. The minimum Gasteiger partial charge on any atom is -0.312 e. The van der Waals surface area contributed by atoms with Gasteiger partial charge in [0, 0.05) is 18.0 Å². The average molecular weight is 254 g/mol. The van der Waals surface area contributed by atoms with Crippen LogP contribution in [0, 0.1) is 0 Å². The van der Waals surface area contributed by atoms with Crippen molar-refractivity contribution in [2.75, 3.05) is 20.6 Å². The van der Waals surface area contributed by atoms with Crippen LogP contribution in [0.1, 0.15) is 40.0 Å². The van der Waals surface area contributed by atoms with Gasteiger partial charge in [-0.25, -0.2) is 0 Å². The lowest BCUT2D eigenvalue weighted by Crippen LogP contribution is -2.55. The molecule has 0 saturated carbocycles. The third kappa shape index (κ3) is 6.27. The summed E-state index contributed by atoms with van der Waals surface area (Å²) in [4.78, 5) is 1.97. The normalized spacial score (nSPS) is 15.4. The van der Waals surface area contributed by atoms with Crippen molar-refractivity contribution < 1.29 is 13.2 Å². The molecule has 0 rings (SSSR count). The van der Waals surface area contributed by atoms with Crippen molar-refractivity contribution in [2.45, 2.75) is 57.8 Å². The lowest BCUT2D eigenvalue weighted by molar-refractivity contribution is -0.138. The predicted octanol–water partition coefficient (Wildman–Crippen LogP) is 3.04. The zero-order chi connectivity index (χ0) is 13.7.